The number of hydrogen-bond donors (Lipinski definition) is 2. The van der Waals surface area contributed by atoms with Crippen LogP contribution in [-0.4, -0.2) is 57.8 Å². The van der Waals surface area contributed by atoms with Crippen LogP contribution in [0.3, 0.4) is 0 Å². The molecule has 0 saturated carbocycles. The molecule has 0 aliphatic carbocycles. The van der Waals surface area contributed by atoms with Crippen molar-refractivity contribution in [1.29, 1.82) is 0 Å². The molecule has 2 aromatic heterocycles. The van der Waals surface area contributed by atoms with Gasteiger partial charge in [0.05, 0.1) is 30.2 Å². The molecule has 1 aliphatic rings. The van der Waals surface area contributed by atoms with E-state index in [2.05, 4.69) is 20.9 Å². The van der Waals surface area contributed by atoms with Crippen LogP contribution in [0.15, 0.2) is 48.9 Å². The van der Waals surface area contributed by atoms with Crippen molar-refractivity contribution in [3.63, 3.8) is 0 Å². The lowest BCUT2D eigenvalue weighted by Crippen LogP contribution is -2.41. The van der Waals surface area contributed by atoms with Crippen molar-refractivity contribution < 1.29 is 19.7 Å². The van der Waals surface area contributed by atoms with E-state index in [1.54, 1.807) is 19.5 Å². The Balaban J connectivity index is 1.39. The average Bonchev–Trinajstić information content (AvgIpc) is 2.88. The number of benzene rings is 1. The molecule has 4 rings (SSSR count). The minimum Gasteiger partial charge on any atom is -0.497 e. The van der Waals surface area contributed by atoms with Gasteiger partial charge >= 0.3 is 5.97 Å². The minimum atomic E-state index is -0.821. The Morgan fingerprint density at radius 3 is 2.75 bits per heavy atom. The molecule has 1 fully saturated rings. The highest BCUT2D eigenvalue weighted by Gasteiger charge is 2.37. The summed E-state index contributed by atoms with van der Waals surface area (Å²) in [4.78, 5) is 22.7. The zero-order valence-corrected chi connectivity index (χ0v) is 21.5. The maximum absolute atomic E-state index is 11.8. The van der Waals surface area contributed by atoms with E-state index in [0.717, 1.165) is 56.2 Å². The molecule has 1 aromatic carbocycles. The Kier molecular flexibility index (Phi) is 8.77. The summed E-state index contributed by atoms with van der Waals surface area (Å²) in [6.45, 7) is 2.72. The zero-order chi connectivity index (χ0) is 25.5. The standard InChI is InChI=1S/C28H34ClN3O4/c1-36-21-6-7-24-22(16-21)27(23(29)19-31-24)25(33)8-9-28(17-26(34)35)10-14-32(15-11-28)13-3-5-20-4-2-12-30-18-20/h2,4,6-7,12,16,18-19,25,33H,3,5,8-11,13-15,17H2,1H3,(H,34,35)/t25-/m0/s1. The fourth-order valence-corrected chi connectivity index (χ4v) is 5.64. The van der Waals surface area contributed by atoms with E-state index in [0.29, 0.717) is 29.2 Å². The Labute approximate surface area is 217 Å². The third-order valence-electron chi connectivity index (χ3n) is 7.46. The van der Waals surface area contributed by atoms with Crippen LogP contribution in [0.25, 0.3) is 10.9 Å². The SMILES string of the molecule is COc1ccc2ncc(Cl)c([C@@H](O)CCC3(CC(=O)O)CCN(CCCc4cccnc4)CC3)c2c1. The van der Waals surface area contributed by atoms with Gasteiger partial charge in [0.1, 0.15) is 5.75 Å². The number of fused-ring (bicyclic) bond motifs is 1. The summed E-state index contributed by atoms with van der Waals surface area (Å²) in [5, 5.41) is 22.0. The lowest BCUT2D eigenvalue weighted by atomic mass is 9.71. The second-order valence-corrected chi connectivity index (χ2v) is 10.2. The quantitative estimate of drug-likeness (QED) is 0.361. The molecule has 36 heavy (non-hydrogen) atoms. The molecule has 0 spiro atoms. The summed E-state index contributed by atoms with van der Waals surface area (Å²) in [6, 6.07) is 9.57. The number of aromatic nitrogens is 2. The maximum Gasteiger partial charge on any atom is 0.303 e. The smallest absolute Gasteiger partial charge is 0.303 e. The number of aliphatic hydroxyl groups is 1. The lowest BCUT2D eigenvalue weighted by molar-refractivity contribution is -0.141. The van der Waals surface area contributed by atoms with Gasteiger partial charge in [-0.25, -0.2) is 0 Å². The number of rotatable bonds is 11. The monoisotopic (exact) mass is 511 g/mol. The fraction of sp³-hybridized carbons (Fsp3) is 0.464. The van der Waals surface area contributed by atoms with Crippen molar-refractivity contribution in [2.75, 3.05) is 26.7 Å². The molecule has 0 unspecified atom stereocenters. The number of carboxylic acids is 1. The number of carboxylic acid groups (broad SMARTS) is 1. The first-order valence-electron chi connectivity index (χ1n) is 12.5. The predicted molar refractivity (Wildman–Crippen MR) is 140 cm³/mol. The van der Waals surface area contributed by atoms with Crippen LogP contribution >= 0.6 is 11.6 Å². The zero-order valence-electron chi connectivity index (χ0n) is 20.7. The van der Waals surface area contributed by atoms with Gasteiger partial charge in [-0.15, -0.1) is 0 Å². The van der Waals surface area contributed by atoms with Gasteiger partial charge in [0.25, 0.3) is 0 Å². The third kappa shape index (κ3) is 6.52. The van der Waals surface area contributed by atoms with Crippen LogP contribution in [0.1, 0.15) is 55.8 Å². The molecule has 0 amide bonds. The number of aliphatic carboxylic acids is 1. The van der Waals surface area contributed by atoms with E-state index < -0.39 is 12.1 Å². The van der Waals surface area contributed by atoms with Crippen molar-refractivity contribution in [3.8, 4) is 5.75 Å². The normalized spacial score (nSPS) is 16.6. The number of pyridine rings is 2. The van der Waals surface area contributed by atoms with Crippen LogP contribution in [-0.2, 0) is 11.2 Å². The number of methoxy groups -OCH3 is 1. The number of nitrogens with zero attached hydrogens (tertiary/aromatic N) is 3. The molecule has 1 atom stereocenters. The number of aryl methyl sites for hydroxylation is 1. The van der Waals surface area contributed by atoms with E-state index in [9.17, 15) is 15.0 Å². The Hall–Kier alpha value is -2.74. The number of ether oxygens (including phenoxy) is 1. The Morgan fingerprint density at radius 2 is 2.06 bits per heavy atom. The Bertz CT molecular complexity index is 1170. The summed E-state index contributed by atoms with van der Waals surface area (Å²) in [5.74, 6) is -0.120. The second-order valence-electron chi connectivity index (χ2n) is 9.83. The summed E-state index contributed by atoms with van der Waals surface area (Å²) >= 11 is 6.48. The van der Waals surface area contributed by atoms with Gasteiger partial charge in [-0.2, -0.15) is 0 Å². The van der Waals surface area contributed by atoms with Gasteiger partial charge in [0.15, 0.2) is 0 Å². The number of aliphatic hydroxyl groups excluding tert-OH is 1. The molecule has 3 heterocycles. The summed E-state index contributed by atoms with van der Waals surface area (Å²) in [7, 11) is 1.59. The van der Waals surface area contributed by atoms with Crippen molar-refractivity contribution in [1.82, 2.24) is 14.9 Å². The van der Waals surface area contributed by atoms with E-state index in [1.807, 2.05) is 30.5 Å². The van der Waals surface area contributed by atoms with E-state index >= 15 is 0 Å². The molecule has 1 aliphatic heterocycles. The molecule has 0 bridgehead atoms. The topological polar surface area (TPSA) is 95.8 Å². The lowest BCUT2D eigenvalue weighted by Gasteiger charge is -2.41. The maximum atomic E-state index is 11.8. The first-order chi connectivity index (χ1) is 17.4. The summed E-state index contributed by atoms with van der Waals surface area (Å²) < 4.78 is 5.35. The van der Waals surface area contributed by atoms with E-state index in [1.165, 1.54) is 5.56 Å². The molecular formula is C28H34ClN3O4. The van der Waals surface area contributed by atoms with Gasteiger partial charge in [-0.1, -0.05) is 17.7 Å². The molecule has 1 saturated heterocycles. The van der Waals surface area contributed by atoms with E-state index in [4.69, 9.17) is 16.3 Å². The molecule has 0 radical (unpaired) electrons. The highest BCUT2D eigenvalue weighted by molar-refractivity contribution is 6.32. The molecule has 3 aromatic rings. The fourth-order valence-electron chi connectivity index (χ4n) is 5.36. The number of halogens is 1. The van der Waals surface area contributed by atoms with Gasteiger partial charge < -0.3 is 19.8 Å². The van der Waals surface area contributed by atoms with Crippen LogP contribution in [0.5, 0.6) is 5.75 Å². The first-order valence-corrected chi connectivity index (χ1v) is 12.9. The highest BCUT2D eigenvalue weighted by Crippen LogP contribution is 2.43. The van der Waals surface area contributed by atoms with Crippen molar-refractivity contribution in [2.24, 2.45) is 5.41 Å². The van der Waals surface area contributed by atoms with Crippen molar-refractivity contribution >= 4 is 28.5 Å². The van der Waals surface area contributed by atoms with Crippen LogP contribution in [0.4, 0.5) is 0 Å². The Morgan fingerprint density at radius 1 is 1.25 bits per heavy atom. The third-order valence-corrected chi connectivity index (χ3v) is 7.76. The van der Waals surface area contributed by atoms with E-state index in [-0.39, 0.29) is 11.8 Å². The molecule has 2 N–H and O–H groups in total. The van der Waals surface area contributed by atoms with Crippen LogP contribution < -0.4 is 4.74 Å². The first kappa shape index (κ1) is 26.3. The minimum absolute atomic E-state index is 0.113. The average molecular weight is 512 g/mol. The largest absolute Gasteiger partial charge is 0.497 e. The van der Waals surface area contributed by atoms with Crippen LogP contribution in [0, 0.1) is 5.41 Å². The molecule has 7 nitrogen and oxygen atoms in total. The summed E-state index contributed by atoms with van der Waals surface area (Å²) in [5.41, 5.74) is 2.26. The number of hydrogen-bond acceptors (Lipinski definition) is 6. The van der Waals surface area contributed by atoms with Gasteiger partial charge in [-0.05, 0) is 93.4 Å². The van der Waals surface area contributed by atoms with Gasteiger partial charge in [-0.3, -0.25) is 14.8 Å². The molecule has 8 heteroatoms. The van der Waals surface area contributed by atoms with Crippen LogP contribution in [0.2, 0.25) is 5.02 Å². The number of likely N-dealkylation sites (tertiary alicyclic amines) is 1. The number of carbonyl (C=O) groups is 1. The van der Waals surface area contributed by atoms with Gasteiger partial charge in [0.2, 0.25) is 0 Å². The van der Waals surface area contributed by atoms with Gasteiger partial charge in [0, 0.05) is 29.5 Å². The predicted octanol–water partition coefficient (Wildman–Crippen LogP) is 5.30. The van der Waals surface area contributed by atoms with Crippen molar-refractivity contribution in [2.45, 2.75) is 51.0 Å². The highest BCUT2D eigenvalue weighted by atomic mass is 35.5. The molecular weight excluding hydrogens is 478 g/mol. The second kappa shape index (κ2) is 12.0. The van der Waals surface area contributed by atoms with Crippen molar-refractivity contribution in [3.05, 3.63) is 65.1 Å². The number of piperidine rings is 1. The summed E-state index contributed by atoms with van der Waals surface area (Å²) in [6.07, 6.45) is 9.25. The molecule has 192 valence electrons.